The van der Waals surface area contributed by atoms with E-state index in [2.05, 4.69) is 25.5 Å². The molecule has 8 nitrogen and oxygen atoms in total. The third kappa shape index (κ3) is 3.78. The van der Waals surface area contributed by atoms with E-state index in [9.17, 15) is 5.11 Å². The summed E-state index contributed by atoms with van der Waals surface area (Å²) in [6.07, 6.45) is 4.33. The van der Waals surface area contributed by atoms with Crippen LogP contribution < -0.4 is 10.2 Å². The van der Waals surface area contributed by atoms with Crippen molar-refractivity contribution >= 4 is 17.2 Å². The lowest BCUT2D eigenvalue weighted by molar-refractivity contribution is 0.107. The van der Waals surface area contributed by atoms with Crippen LogP contribution in [0.2, 0.25) is 0 Å². The number of hydrogen-bond donors (Lipinski definition) is 2. The first-order valence-corrected chi connectivity index (χ1v) is 11.4. The van der Waals surface area contributed by atoms with E-state index in [4.69, 9.17) is 5.26 Å². The zero-order chi connectivity index (χ0) is 22.2. The average molecular weight is 452 g/mol. The minimum Gasteiger partial charge on any atom is -0.507 e. The van der Waals surface area contributed by atoms with E-state index in [0.29, 0.717) is 33.7 Å². The number of halogens is 1. The highest BCUT2D eigenvalue weighted by atomic mass is 32.1. The van der Waals surface area contributed by atoms with Crippen molar-refractivity contribution in [1.82, 2.24) is 25.5 Å². The SMILES string of the molecule is CN(c1cnc(-c2ccc(-c3csc(C#N)n3)cc2O)nn1)[C@H]1C[C@H]2CCC[C@H](N2)[C@H]1F. The predicted molar refractivity (Wildman–Crippen MR) is 119 cm³/mol. The van der Waals surface area contributed by atoms with Gasteiger partial charge in [0.1, 0.15) is 18.0 Å². The second-order valence-electron chi connectivity index (χ2n) is 8.28. The Morgan fingerprint density at radius 3 is 2.91 bits per heavy atom. The molecule has 0 aliphatic carbocycles. The van der Waals surface area contributed by atoms with Crippen molar-refractivity contribution in [3.63, 3.8) is 0 Å². The molecule has 10 heteroatoms. The number of anilines is 1. The molecule has 4 heterocycles. The number of phenols is 1. The van der Waals surface area contributed by atoms with Crippen molar-refractivity contribution in [2.24, 2.45) is 0 Å². The maximum absolute atomic E-state index is 15.0. The Morgan fingerprint density at radius 1 is 1.31 bits per heavy atom. The number of hydrogen-bond acceptors (Lipinski definition) is 9. The molecule has 2 aliphatic heterocycles. The predicted octanol–water partition coefficient (Wildman–Crippen LogP) is 3.30. The summed E-state index contributed by atoms with van der Waals surface area (Å²) in [5.74, 6) is 0.775. The Bertz CT molecular complexity index is 1160. The van der Waals surface area contributed by atoms with Gasteiger partial charge < -0.3 is 15.3 Å². The van der Waals surface area contributed by atoms with Crippen LogP contribution in [-0.4, -0.2) is 56.6 Å². The van der Waals surface area contributed by atoms with Gasteiger partial charge in [0.25, 0.3) is 0 Å². The van der Waals surface area contributed by atoms with Crippen molar-refractivity contribution < 1.29 is 9.50 Å². The quantitative estimate of drug-likeness (QED) is 0.622. The zero-order valence-electron chi connectivity index (χ0n) is 17.4. The van der Waals surface area contributed by atoms with Crippen molar-refractivity contribution in [1.29, 1.82) is 5.26 Å². The highest BCUT2D eigenvalue weighted by Crippen LogP contribution is 2.34. The van der Waals surface area contributed by atoms with Crippen LogP contribution in [0.25, 0.3) is 22.6 Å². The van der Waals surface area contributed by atoms with Crippen LogP contribution in [0.3, 0.4) is 0 Å². The molecule has 2 saturated heterocycles. The number of aromatic nitrogens is 4. The van der Waals surface area contributed by atoms with E-state index in [-0.39, 0.29) is 23.7 Å². The van der Waals surface area contributed by atoms with Gasteiger partial charge in [-0.15, -0.1) is 21.5 Å². The molecule has 0 radical (unpaired) electrons. The summed E-state index contributed by atoms with van der Waals surface area (Å²) in [6, 6.07) is 7.03. The number of aromatic hydroxyl groups is 1. The summed E-state index contributed by atoms with van der Waals surface area (Å²) in [5, 5.41) is 33.4. The fraction of sp³-hybridized carbons (Fsp3) is 0.409. The number of nitriles is 1. The van der Waals surface area contributed by atoms with Crippen molar-refractivity contribution in [2.45, 2.75) is 50.0 Å². The van der Waals surface area contributed by atoms with Gasteiger partial charge in [-0.3, -0.25) is 0 Å². The number of nitrogens with zero attached hydrogens (tertiary/aromatic N) is 6. The first-order chi connectivity index (χ1) is 15.5. The van der Waals surface area contributed by atoms with Crippen LogP contribution in [-0.2, 0) is 0 Å². The summed E-state index contributed by atoms with van der Waals surface area (Å²) in [5.41, 5.74) is 1.75. The largest absolute Gasteiger partial charge is 0.507 e. The van der Waals surface area contributed by atoms with Crippen LogP contribution in [0.15, 0.2) is 29.8 Å². The maximum atomic E-state index is 15.0. The standard InChI is InChI=1S/C22H22FN7OS/c1-30(17-8-13-3-2-4-15(26-13)21(17)23)19-10-25-22(29-28-19)14-6-5-12(7-18(14)31)16-11-32-20(9-24)27-16/h5-7,10-11,13,15,17,21,26,31H,2-4,8H2,1H3/t13-,15+,17+,21-/m1/s1. The lowest BCUT2D eigenvalue weighted by Gasteiger charge is -2.45. The lowest BCUT2D eigenvalue weighted by atomic mass is 9.82. The first kappa shape index (κ1) is 20.7. The Balaban J connectivity index is 1.35. The molecule has 164 valence electrons. The molecule has 0 spiro atoms. The average Bonchev–Trinajstić information content (AvgIpc) is 3.31. The van der Waals surface area contributed by atoms with Gasteiger partial charge in [-0.2, -0.15) is 5.26 Å². The van der Waals surface area contributed by atoms with Crippen molar-refractivity contribution in [2.75, 3.05) is 11.9 Å². The molecule has 2 fully saturated rings. The number of benzene rings is 1. The molecule has 0 saturated carbocycles. The maximum Gasteiger partial charge on any atom is 0.194 e. The molecular formula is C22H22FN7OS. The van der Waals surface area contributed by atoms with Gasteiger partial charge in [0.05, 0.1) is 23.5 Å². The number of thiazole rings is 1. The Kier molecular flexibility index (Phi) is 5.45. The molecule has 2 N–H and O–H groups in total. The lowest BCUT2D eigenvalue weighted by Crippen LogP contribution is -2.61. The minimum atomic E-state index is -0.970. The molecule has 2 bridgehead atoms. The fourth-order valence-corrected chi connectivity index (χ4v) is 5.23. The molecular weight excluding hydrogens is 429 g/mol. The summed E-state index contributed by atoms with van der Waals surface area (Å²) >= 11 is 1.25. The number of piperidine rings is 2. The van der Waals surface area contributed by atoms with Gasteiger partial charge in [0.15, 0.2) is 16.6 Å². The number of rotatable bonds is 4. The van der Waals surface area contributed by atoms with Gasteiger partial charge in [-0.25, -0.2) is 14.4 Å². The zero-order valence-corrected chi connectivity index (χ0v) is 18.3. The molecule has 2 aliphatic rings. The van der Waals surface area contributed by atoms with Crippen LogP contribution >= 0.6 is 11.3 Å². The number of nitrogens with one attached hydrogen (secondary N) is 1. The second-order valence-corrected chi connectivity index (χ2v) is 9.14. The van der Waals surface area contributed by atoms with Crippen LogP contribution in [0.1, 0.15) is 30.7 Å². The highest BCUT2D eigenvalue weighted by Gasteiger charge is 2.42. The third-order valence-electron chi connectivity index (χ3n) is 6.34. The summed E-state index contributed by atoms with van der Waals surface area (Å²) in [7, 11) is 1.83. The van der Waals surface area contributed by atoms with Crippen LogP contribution in [0.5, 0.6) is 5.75 Å². The molecule has 2 aromatic heterocycles. The van der Waals surface area contributed by atoms with E-state index >= 15 is 4.39 Å². The van der Waals surface area contributed by atoms with Gasteiger partial charge in [0.2, 0.25) is 0 Å². The third-order valence-corrected chi connectivity index (χ3v) is 7.08. The van der Waals surface area contributed by atoms with Crippen LogP contribution in [0, 0.1) is 11.3 Å². The summed E-state index contributed by atoms with van der Waals surface area (Å²) < 4.78 is 15.0. The molecule has 4 atom stereocenters. The van der Waals surface area contributed by atoms with E-state index < -0.39 is 6.17 Å². The first-order valence-electron chi connectivity index (χ1n) is 10.6. The number of phenolic OH excluding ortho intramolecular Hbond substituents is 1. The smallest absolute Gasteiger partial charge is 0.194 e. The fourth-order valence-electron chi connectivity index (χ4n) is 4.61. The molecule has 1 aromatic carbocycles. The topological polar surface area (TPSA) is 111 Å². The number of alkyl halides is 1. The van der Waals surface area contributed by atoms with Gasteiger partial charge in [0, 0.05) is 30.1 Å². The monoisotopic (exact) mass is 451 g/mol. The van der Waals surface area contributed by atoms with E-state index in [1.165, 1.54) is 11.3 Å². The van der Waals surface area contributed by atoms with Gasteiger partial charge in [-0.05, 0) is 31.4 Å². The van der Waals surface area contributed by atoms with Crippen LogP contribution in [0.4, 0.5) is 10.2 Å². The Morgan fingerprint density at radius 2 is 2.19 bits per heavy atom. The Labute approximate surface area is 188 Å². The minimum absolute atomic E-state index is 0.00749. The molecule has 0 unspecified atom stereocenters. The van der Waals surface area contributed by atoms with E-state index in [1.807, 2.05) is 18.0 Å². The van der Waals surface area contributed by atoms with Crippen molar-refractivity contribution in [3.05, 3.63) is 34.8 Å². The summed E-state index contributed by atoms with van der Waals surface area (Å²) in [4.78, 5) is 10.4. The van der Waals surface area contributed by atoms with Gasteiger partial charge >= 0.3 is 0 Å². The second kappa shape index (κ2) is 8.41. The molecule has 5 rings (SSSR count). The highest BCUT2D eigenvalue weighted by molar-refractivity contribution is 7.10. The number of fused-ring (bicyclic) bond motifs is 2. The molecule has 0 amide bonds. The van der Waals surface area contributed by atoms with Gasteiger partial charge in [-0.1, -0.05) is 12.5 Å². The van der Waals surface area contributed by atoms with E-state index in [1.54, 1.807) is 29.8 Å². The Hall–Kier alpha value is -3.16. The van der Waals surface area contributed by atoms with E-state index in [0.717, 1.165) is 25.7 Å². The molecule has 3 aromatic rings. The molecule has 32 heavy (non-hydrogen) atoms. The summed E-state index contributed by atoms with van der Waals surface area (Å²) in [6.45, 7) is 0. The normalized spacial score (nSPS) is 24.7. The van der Waals surface area contributed by atoms with Crippen molar-refractivity contribution in [3.8, 4) is 34.5 Å².